The number of thiophene rings is 1. The fourth-order valence-corrected chi connectivity index (χ4v) is 4.49. The molecule has 1 amide bonds. The molecule has 2 heterocycles. The average Bonchev–Trinajstić information content (AvgIpc) is 2.91. The van der Waals surface area contributed by atoms with Gasteiger partial charge in [-0.15, -0.1) is 11.3 Å². The number of aryl methyl sites for hydroxylation is 1. The summed E-state index contributed by atoms with van der Waals surface area (Å²) in [6.07, 6.45) is 3.74. The van der Waals surface area contributed by atoms with E-state index in [1.165, 1.54) is 10.4 Å². The maximum Gasteiger partial charge on any atom is 0.228 e. The number of alkyl halides is 1. The van der Waals surface area contributed by atoms with E-state index in [0.717, 1.165) is 29.8 Å². The van der Waals surface area contributed by atoms with Gasteiger partial charge in [0.05, 0.1) is 5.56 Å². The molecule has 1 atom stereocenters. The number of fused-ring (bicyclic) bond motifs is 1. The molecule has 1 aliphatic heterocycles. The van der Waals surface area contributed by atoms with Crippen LogP contribution in [0, 0.1) is 11.3 Å². The van der Waals surface area contributed by atoms with E-state index in [4.69, 9.17) is 0 Å². The minimum atomic E-state index is 0.128. The smallest absolute Gasteiger partial charge is 0.228 e. The number of hydrogen-bond donors (Lipinski definition) is 0. The molecule has 0 saturated carbocycles. The second-order valence-electron chi connectivity index (χ2n) is 4.46. The summed E-state index contributed by atoms with van der Waals surface area (Å²) in [6, 6.07) is 2.29. The quantitative estimate of drug-likeness (QED) is 0.748. The number of nitrogens with zero attached hydrogens (tertiary/aromatic N) is 2. The SMILES string of the molecule is N#Cc1c(N2CC(Br)CC2=O)sc2c1CCC2. The van der Waals surface area contributed by atoms with Crippen molar-refractivity contribution in [3.05, 3.63) is 16.0 Å². The first-order valence-electron chi connectivity index (χ1n) is 5.69. The van der Waals surface area contributed by atoms with E-state index in [1.807, 2.05) is 0 Å². The molecule has 0 spiro atoms. The Morgan fingerprint density at radius 2 is 2.29 bits per heavy atom. The number of halogens is 1. The van der Waals surface area contributed by atoms with Gasteiger partial charge >= 0.3 is 0 Å². The fourth-order valence-electron chi connectivity index (χ4n) is 2.56. The fraction of sp³-hybridized carbons (Fsp3) is 0.500. The van der Waals surface area contributed by atoms with E-state index in [0.29, 0.717) is 13.0 Å². The van der Waals surface area contributed by atoms with Crippen LogP contribution in [-0.4, -0.2) is 17.3 Å². The van der Waals surface area contributed by atoms with Crippen LogP contribution in [0.1, 0.15) is 28.8 Å². The largest absolute Gasteiger partial charge is 0.302 e. The number of amides is 1. The lowest BCUT2D eigenvalue weighted by atomic mass is 10.1. The number of carbonyl (C=O) groups excluding carboxylic acids is 1. The van der Waals surface area contributed by atoms with E-state index in [-0.39, 0.29) is 10.7 Å². The Kier molecular flexibility index (Phi) is 2.72. The van der Waals surface area contributed by atoms with E-state index >= 15 is 0 Å². The second kappa shape index (κ2) is 4.11. The summed E-state index contributed by atoms with van der Waals surface area (Å²) in [5.74, 6) is 0.128. The molecule has 0 bridgehead atoms. The molecule has 0 aromatic carbocycles. The molecule has 5 heteroatoms. The summed E-state index contributed by atoms with van der Waals surface area (Å²) in [4.78, 5) is 15.2. The lowest BCUT2D eigenvalue weighted by Crippen LogP contribution is -2.24. The molecule has 1 aliphatic carbocycles. The molecule has 2 aliphatic rings. The van der Waals surface area contributed by atoms with Crippen LogP contribution in [-0.2, 0) is 17.6 Å². The van der Waals surface area contributed by atoms with E-state index < -0.39 is 0 Å². The third-order valence-corrected chi connectivity index (χ3v) is 5.27. The molecule has 1 aromatic heterocycles. The molecule has 1 aromatic rings. The average molecular weight is 311 g/mol. The van der Waals surface area contributed by atoms with Crippen LogP contribution < -0.4 is 4.90 Å². The van der Waals surface area contributed by atoms with Crippen molar-refractivity contribution in [3.8, 4) is 6.07 Å². The van der Waals surface area contributed by atoms with Gasteiger partial charge in [-0.2, -0.15) is 5.26 Å². The Labute approximate surface area is 112 Å². The van der Waals surface area contributed by atoms with Gasteiger partial charge in [-0.05, 0) is 24.8 Å². The number of carbonyl (C=O) groups is 1. The molecular formula is C12H11BrN2OS. The third kappa shape index (κ3) is 1.71. The number of rotatable bonds is 1. The molecule has 3 nitrogen and oxygen atoms in total. The second-order valence-corrected chi connectivity index (χ2v) is 6.83. The molecule has 0 radical (unpaired) electrons. The van der Waals surface area contributed by atoms with Crippen LogP contribution in [0.2, 0.25) is 0 Å². The van der Waals surface area contributed by atoms with Gasteiger partial charge in [-0.3, -0.25) is 4.79 Å². The standard InChI is InChI=1S/C12H11BrN2OS/c13-7-4-11(16)15(6-7)12-9(5-14)8-2-1-3-10(8)17-12/h7H,1-4,6H2. The van der Waals surface area contributed by atoms with Crippen LogP contribution in [0.5, 0.6) is 0 Å². The molecule has 17 heavy (non-hydrogen) atoms. The monoisotopic (exact) mass is 310 g/mol. The minimum Gasteiger partial charge on any atom is -0.302 e. The van der Waals surface area contributed by atoms with Crippen molar-refractivity contribution in [3.63, 3.8) is 0 Å². The Balaban J connectivity index is 2.05. The molecular weight excluding hydrogens is 300 g/mol. The normalized spacial score (nSPS) is 22.9. The van der Waals surface area contributed by atoms with E-state index in [1.54, 1.807) is 16.2 Å². The zero-order chi connectivity index (χ0) is 12.0. The van der Waals surface area contributed by atoms with Crippen molar-refractivity contribution in [2.24, 2.45) is 0 Å². The number of nitriles is 1. The summed E-state index contributed by atoms with van der Waals surface area (Å²) in [7, 11) is 0. The molecule has 3 rings (SSSR count). The molecule has 1 saturated heterocycles. The summed E-state index contributed by atoms with van der Waals surface area (Å²) >= 11 is 5.12. The molecule has 88 valence electrons. The predicted octanol–water partition coefficient (Wildman–Crippen LogP) is 2.61. The zero-order valence-corrected chi connectivity index (χ0v) is 11.6. The Morgan fingerprint density at radius 3 is 2.94 bits per heavy atom. The minimum absolute atomic E-state index is 0.128. The van der Waals surface area contributed by atoms with Crippen LogP contribution in [0.25, 0.3) is 0 Å². The Hall–Kier alpha value is -0.860. The van der Waals surface area contributed by atoms with Gasteiger partial charge in [0.1, 0.15) is 11.1 Å². The maximum atomic E-state index is 11.9. The van der Waals surface area contributed by atoms with Crippen molar-refractivity contribution in [1.82, 2.24) is 0 Å². The topological polar surface area (TPSA) is 44.1 Å². The molecule has 1 fully saturated rings. The van der Waals surface area contributed by atoms with Crippen molar-refractivity contribution in [2.75, 3.05) is 11.4 Å². The van der Waals surface area contributed by atoms with Crippen molar-refractivity contribution in [1.29, 1.82) is 5.26 Å². The van der Waals surface area contributed by atoms with Crippen molar-refractivity contribution < 1.29 is 4.79 Å². The van der Waals surface area contributed by atoms with Gasteiger partial charge in [0, 0.05) is 22.7 Å². The predicted molar refractivity (Wildman–Crippen MR) is 70.7 cm³/mol. The van der Waals surface area contributed by atoms with Crippen LogP contribution in [0.3, 0.4) is 0 Å². The number of anilines is 1. The number of hydrogen-bond acceptors (Lipinski definition) is 3. The highest BCUT2D eigenvalue weighted by Crippen LogP contribution is 2.42. The highest BCUT2D eigenvalue weighted by Gasteiger charge is 2.34. The van der Waals surface area contributed by atoms with Crippen molar-refractivity contribution in [2.45, 2.75) is 30.5 Å². The van der Waals surface area contributed by atoms with Gasteiger partial charge < -0.3 is 4.90 Å². The van der Waals surface area contributed by atoms with E-state index in [2.05, 4.69) is 22.0 Å². The van der Waals surface area contributed by atoms with E-state index in [9.17, 15) is 10.1 Å². The lowest BCUT2D eigenvalue weighted by Gasteiger charge is -2.14. The van der Waals surface area contributed by atoms with Crippen LogP contribution in [0.4, 0.5) is 5.00 Å². The molecule has 0 N–H and O–H groups in total. The van der Waals surface area contributed by atoms with Crippen LogP contribution in [0.15, 0.2) is 0 Å². The van der Waals surface area contributed by atoms with Crippen molar-refractivity contribution >= 4 is 38.2 Å². The summed E-state index contributed by atoms with van der Waals surface area (Å²) in [5.41, 5.74) is 1.94. The van der Waals surface area contributed by atoms with Gasteiger partial charge in [0.25, 0.3) is 0 Å². The highest BCUT2D eigenvalue weighted by molar-refractivity contribution is 9.09. The lowest BCUT2D eigenvalue weighted by molar-refractivity contribution is -0.116. The summed E-state index contributed by atoms with van der Waals surface area (Å²) < 4.78 is 0. The van der Waals surface area contributed by atoms with Gasteiger partial charge in [0.15, 0.2) is 0 Å². The summed E-state index contributed by atoms with van der Waals surface area (Å²) in [6.45, 7) is 0.687. The Morgan fingerprint density at radius 1 is 1.47 bits per heavy atom. The first-order chi connectivity index (χ1) is 8.20. The first kappa shape index (κ1) is 11.2. The van der Waals surface area contributed by atoms with Crippen LogP contribution >= 0.6 is 27.3 Å². The van der Waals surface area contributed by atoms with Gasteiger partial charge in [-0.1, -0.05) is 15.9 Å². The van der Waals surface area contributed by atoms with Gasteiger partial charge in [-0.25, -0.2) is 0 Å². The summed E-state index contributed by atoms with van der Waals surface area (Å²) in [5, 5.41) is 10.2. The van der Waals surface area contributed by atoms with Gasteiger partial charge in [0.2, 0.25) is 5.91 Å². The maximum absolute atomic E-state index is 11.9. The third-order valence-electron chi connectivity index (χ3n) is 3.34. The zero-order valence-electron chi connectivity index (χ0n) is 9.20. The highest BCUT2D eigenvalue weighted by atomic mass is 79.9. The first-order valence-corrected chi connectivity index (χ1v) is 7.43. The molecule has 1 unspecified atom stereocenters. The Bertz CT molecular complexity index is 531.